The highest BCUT2D eigenvalue weighted by Gasteiger charge is 2.21. The van der Waals surface area contributed by atoms with Crippen molar-refractivity contribution in [1.82, 2.24) is 9.29 Å². The van der Waals surface area contributed by atoms with Crippen LogP contribution in [0.1, 0.15) is 24.2 Å². The molecule has 4 aromatic rings. The largest absolute Gasteiger partial charge is 0.322 e. The van der Waals surface area contributed by atoms with Gasteiger partial charge in [0, 0.05) is 24.2 Å². The molecule has 0 bridgehead atoms. The summed E-state index contributed by atoms with van der Waals surface area (Å²) in [6, 6.07) is 19.1. The zero-order valence-corrected chi connectivity index (χ0v) is 20.5. The number of nitrogens with zero attached hydrogens (tertiary/aromatic N) is 2. The molecule has 0 radical (unpaired) electrons. The van der Waals surface area contributed by atoms with Gasteiger partial charge in [-0.25, -0.2) is 13.4 Å². The van der Waals surface area contributed by atoms with E-state index in [1.807, 2.05) is 30.3 Å². The first kappa shape index (κ1) is 23.4. The third kappa shape index (κ3) is 4.79. The third-order valence-corrected chi connectivity index (χ3v) is 8.56. The SMILES string of the molecule is CCN(CC)S(=O)(=O)c1ccc(NC(=O)c2cc(-c3ccc(Cl)s3)nc3ccccc23)cc1. The number of aromatic nitrogens is 1. The number of fused-ring (bicyclic) bond motifs is 1. The molecule has 0 saturated carbocycles. The quantitative estimate of drug-likeness (QED) is 0.343. The number of rotatable bonds is 7. The molecule has 0 fully saturated rings. The molecule has 2 aromatic carbocycles. The summed E-state index contributed by atoms with van der Waals surface area (Å²) in [4.78, 5) is 18.9. The molecule has 9 heteroatoms. The number of anilines is 1. The number of halogens is 1. The second-order valence-electron chi connectivity index (χ2n) is 7.24. The van der Waals surface area contributed by atoms with Crippen molar-refractivity contribution in [3.8, 4) is 10.6 Å². The van der Waals surface area contributed by atoms with E-state index in [2.05, 4.69) is 10.3 Å². The van der Waals surface area contributed by atoms with Gasteiger partial charge in [0.05, 0.1) is 30.9 Å². The summed E-state index contributed by atoms with van der Waals surface area (Å²) in [5, 5.41) is 3.60. The number of para-hydroxylation sites is 1. The molecule has 0 aliphatic rings. The molecular formula is C24H22ClN3O3S2. The van der Waals surface area contributed by atoms with Crippen LogP contribution in [0.4, 0.5) is 5.69 Å². The maximum Gasteiger partial charge on any atom is 0.256 e. The lowest BCUT2D eigenvalue weighted by atomic mass is 10.1. The number of nitrogens with one attached hydrogen (secondary N) is 1. The Morgan fingerprint density at radius 1 is 1.03 bits per heavy atom. The molecule has 0 spiro atoms. The van der Waals surface area contributed by atoms with E-state index in [0.29, 0.717) is 39.9 Å². The molecule has 0 saturated heterocycles. The van der Waals surface area contributed by atoms with Crippen LogP contribution in [-0.2, 0) is 10.0 Å². The maximum absolute atomic E-state index is 13.2. The summed E-state index contributed by atoms with van der Waals surface area (Å²) in [5.41, 5.74) is 2.34. The Morgan fingerprint density at radius 2 is 1.73 bits per heavy atom. The Balaban J connectivity index is 1.65. The summed E-state index contributed by atoms with van der Waals surface area (Å²) >= 11 is 7.48. The van der Waals surface area contributed by atoms with Crippen molar-refractivity contribution in [3.05, 3.63) is 76.6 Å². The van der Waals surface area contributed by atoms with Gasteiger partial charge in [-0.3, -0.25) is 4.79 Å². The first-order chi connectivity index (χ1) is 15.8. The second kappa shape index (κ2) is 9.61. The third-order valence-electron chi connectivity index (χ3n) is 5.24. The summed E-state index contributed by atoms with van der Waals surface area (Å²) in [7, 11) is -3.56. The normalized spacial score (nSPS) is 11.8. The van der Waals surface area contributed by atoms with Gasteiger partial charge < -0.3 is 5.32 Å². The lowest BCUT2D eigenvalue weighted by Gasteiger charge is -2.18. The summed E-state index contributed by atoms with van der Waals surface area (Å²) < 4.78 is 27.4. The minimum absolute atomic E-state index is 0.190. The molecule has 0 aliphatic heterocycles. The van der Waals surface area contributed by atoms with E-state index in [1.54, 1.807) is 38.1 Å². The molecule has 4 rings (SSSR count). The fourth-order valence-corrected chi connectivity index (χ4v) is 6.02. The van der Waals surface area contributed by atoms with Gasteiger partial charge in [0.15, 0.2) is 0 Å². The number of pyridine rings is 1. The number of sulfonamides is 1. The van der Waals surface area contributed by atoms with Crippen LogP contribution in [0.2, 0.25) is 4.34 Å². The molecule has 170 valence electrons. The number of thiophene rings is 1. The minimum atomic E-state index is -3.56. The van der Waals surface area contributed by atoms with Crippen molar-refractivity contribution in [3.63, 3.8) is 0 Å². The summed E-state index contributed by atoms with van der Waals surface area (Å²) in [6.07, 6.45) is 0. The van der Waals surface area contributed by atoms with Crippen LogP contribution >= 0.6 is 22.9 Å². The molecule has 2 heterocycles. The highest BCUT2D eigenvalue weighted by atomic mass is 35.5. The molecule has 1 N–H and O–H groups in total. The van der Waals surface area contributed by atoms with Crippen LogP contribution < -0.4 is 5.32 Å². The standard InChI is InChI=1S/C24H22ClN3O3S2/c1-3-28(4-2)33(30,31)17-11-9-16(10-12-17)26-24(29)19-15-21(22-13-14-23(25)32-22)27-20-8-6-5-7-18(19)20/h5-15H,3-4H2,1-2H3,(H,26,29). The fourth-order valence-electron chi connectivity index (χ4n) is 3.56. The van der Waals surface area contributed by atoms with Crippen LogP contribution in [0.25, 0.3) is 21.5 Å². The van der Waals surface area contributed by atoms with Crippen molar-refractivity contribution in [2.75, 3.05) is 18.4 Å². The average Bonchev–Trinajstić information content (AvgIpc) is 3.25. The Labute approximate surface area is 201 Å². The molecule has 6 nitrogen and oxygen atoms in total. The van der Waals surface area contributed by atoms with E-state index in [9.17, 15) is 13.2 Å². The molecule has 0 aliphatic carbocycles. The molecule has 0 atom stereocenters. The van der Waals surface area contributed by atoms with Crippen molar-refractivity contribution in [1.29, 1.82) is 0 Å². The van der Waals surface area contributed by atoms with Crippen LogP contribution in [0.15, 0.2) is 71.6 Å². The molecule has 33 heavy (non-hydrogen) atoms. The van der Waals surface area contributed by atoms with E-state index < -0.39 is 10.0 Å². The molecule has 2 aromatic heterocycles. The van der Waals surface area contributed by atoms with Gasteiger partial charge in [0.1, 0.15) is 0 Å². The van der Waals surface area contributed by atoms with Gasteiger partial charge in [-0.1, -0.05) is 43.6 Å². The van der Waals surface area contributed by atoms with Crippen molar-refractivity contribution in [2.24, 2.45) is 0 Å². The monoisotopic (exact) mass is 499 g/mol. The number of benzene rings is 2. The van der Waals surface area contributed by atoms with E-state index in [0.717, 1.165) is 10.3 Å². The first-order valence-corrected chi connectivity index (χ1v) is 13.0. The van der Waals surface area contributed by atoms with Gasteiger partial charge in [0.2, 0.25) is 10.0 Å². The predicted molar refractivity (Wildman–Crippen MR) is 135 cm³/mol. The number of hydrogen-bond donors (Lipinski definition) is 1. The van der Waals surface area contributed by atoms with Crippen LogP contribution in [0.3, 0.4) is 0 Å². The van der Waals surface area contributed by atoms with E-state index in [1.165, 1.54) is 27.8 Å². The Morgan fingerprint density at radius 3 is 2.36 bits per heavy atom. The lowest BCUT2D eigenvalue weighted by Crippen LogP contribution is -2.30. The van der Waals surface area contributed by atoms with Crippen molar-refractivity contribution in [2.45, 2.75) is 18.7 Å². The predicted octanol–water partition coefficient (Wildman–Crippen LogP) is 5.90. The van der Waals surface area contributed by atoms with Crippen LogP contribution in [0, 0.1) is 0 Å². The van der Waals surface area contributed by atoms with Gasteiger partial charge >= 0.3 is 0 Å². The molecule has 0 unspecified atom stereocenters. The topological polar surface area (TPSA) is 79.4 Å². The van der Waals surface area contributed by atoms with Crippen molar-refractivity contribution < 1.29 is 13.2 Å². The smallest absolute Gasteiger partial charge is 0.256 e. The number of carbonyl (C=O) groups excluding carboxylic acids is 1. The van der Waals surface area contributed by atoms with Crippen LogP contribution in [-0.4, -0.2) is 36.7 Å². The van der Waals surface area contributed by atoms with Gasteiger partial charge in [-0.05, 0) is 48.5 Å². The van der Waals surface area contributed by atoms with Gasteiger partial charge in [-0.15, -0.1) is 11.3 Å². The first-order valence-electron chi connectivity index (χ1n) is 10.4. The second-order valence-corrected chi connectivity index (χ2v) is 10.9. The lowest BCUT2D eigenvalue weighted by molar-refractivity contribution is 0.102. The Hall–Kier alpha value is -2.78. The van der Waals surface area contributed by atoms with Gasteiger partial charge in [0.25, 0.3) is 5.91 Å². The number of amides is 1. The fraction of sp³-hybridized carbons (Fsp3) is 0.167. The number of hydrogen-bond acceptors (Lipinski definition) is 5. The molecule has 1 amide bonds. The summed E-state index contributed by atoms with van der Waals surface area (Å²) in [6.45, 7) is 4.38. The maximum atomic E-state index is 13.2. The summed E-state index contributed by atoms with van der Waals surface area (Å²) in [5.74, 6) is -0.308. The zero-order valence-electron chi connectivity index (χ0n) is 18.1. The van der Waals surface area contributed by atoms with Crippen LogP contribution in [0.5, 0.6) is 0 Å². The number of carbonyl (C=O) groups is 1. The Bertz CT molecular complexity index is 1410. The molecular weight excluding hydrogens is 478 g/mol. The Kier molecular flexibility index (Phi) is 6.81. The minimum Gasteiger partial charge on any atom is -0.322 e. The van der Waals surface area contributed by atoms with E-state index in [4.69, 9.17) is 11.6 Å². The van der Waals surface area contributed by atoms with Crippen molar-refractivity contribution >= 4 is 55.5 Å². The van der Waals surface area contributed by atoms with E-state index >= 15 is 0 Å². The highest BCUT2D eigenvalue weighted by molar-refractivity contribution is 7.89. The van der Waals surface area contributed by atoms with E-state index in [-0.39, 0.29) is 10.8 Å². The average molecular weight is 500 g/mol. The zero-order chi connectivity index (χ0) is 23.6. The van der Waals surface area contributed by atoms with Gasteiger partial charge in [-0.2, -0.15) is 4.31 Å². The highest BCUT2D eigenvalue weighted by Crippen LogP contribution is 2.32.